The van der Waals surface area contributed by atoms with Gasteiger partial charge in [-0.3, -0.25) is 9.69 Å². The van der Waals surface area contributed by atoms with Crippen LogP contribution in [-0.2, 0) is 4.79 Å². The number of nitrogens with one attached hydrogen (secondary N) is 1. The van der Waals surface area contributed by atoms with Gasteiger partial charge in [-0.25, -0.2) is 0 Å². The molecule has 1 amide bonds. The highest BCUT2D eigenvalue weighted by Gasteiger charge is 2.26. The number of rotatable bonds is 6. The van der Waals surface area contributed by atoms with Crippen molar-refractivity contribution in [1.29, 1.82) is 0 Å². The van der Waals surface area contributed by atoms with E-state index in [9.17, 15) is 4.79 Å². The number of carbonyl (C=O) groups excluding carboxylic acids is 1. The minimum atomic E-state index is 0.331. The lowest BCUT2D eigenvalue weighted by Gasteiger charge is -2.28. The fourth-order valence-electron chi connectivity index (χ4n) is 3.38. The van der Waals surface area contributed by atoms with Crippen LogP contribution < -0.4 is 5.32 Å². The summed E-state index contributed by atoms with van der Waals surface area (Å²) in [6, 6.07) is 0.694. The lowest BCUT2D eigenvalue weighted by molar-refractivity contribution is -0.132. The first-order chi connectivity index (χ1) is 9.74. The van der Waals surface area contributed by atoms with Crippen LogP contribution in [0.4, 0.5) is 0 Å². The normalized spacial score (nSPS) is 24.6. The fraction of sp³-hybridized carbons (Fsp3) is 0.933. The van der Waals surface area contributed by atoms with Gasteiger partial charge in [-0.15, -0.1) is 0 Å². The molecule has 2 aliphatic rings. The van der Waals surface area contributed by atoms with Crippen molar-refractivity contribution < 1.29 is 4.79 Å². The number of amides is 1. The molecule has 5 nitrogen and oxygen atoms in total. The first-order valence-electron chi connectivity index (χ1n) is 8.19. The summed E-state index contributed by atoms with van der Waals surface area (Å²) in [4.78, 5) is 19.2. The second kappa shape index (κ2) is 7.96. The zero-order valence-corrected chi connectivity index (χ0v) is 13.1. The quantitative estimate of drug-likeness (QED) is 0.757. The van der Waals surface area contributed by atoms with Crippen LogP contribution in [0.1, 0.15) is 26.7 Å². The third-order valence-electron chi connectivity index (χ3n) is 4.69. The second-order valence-electron chi connectivity index (χ2n) is 5.85. The Morgan fingerprint density at radius 2 is 1.90 bits per heavy atom. The highest BCUT2D eigenvalue weighted by atomic mass is 16.2. The predicted molar refractivity (Wildman–Crippen MR) is 81.8 cm³/mol. The lowest BCUT2D eigenvalue weighted by Crippen LogP contribution is -2.47. The molecule has 2 aliphatic heterocycles. The van der Waals surface area contributed by atoms with Crippen molar-refractivity contribution >= 4 is 5.91 Å². The van der Waals surface area contributed by atoms with E-state index >= 15 is 0 Å². The number of hydrogen-bond donors (Lipinski definition) is 1. The monoisotopic (exact) mass is 282 g/mol. The molecule has 2 heterocycles. The molecule has 1 N–H and O–H groups in total. The van der Waals surface area contributed by atoms with Crippen molar-refractivity contribution in [2.45, 2.75) is 32.7 Å². The molecule has 116 valence electrons. The summed E-state index contributed by atoms with van der Waals surface area (Å²) >= 11 is 0. The number of piperazine rings is 1. The Hall–Kier alpha value is -0.650. The van der Waals surface area contributed by atoms with E-state index in [1.54, 1.807) is 0 Å². The molecule has 2 fully saturated rings. The average Bonchev–Trinajstić information content (AvgIpc) is 2.96. The summed E-state index contributed by atoms with van der Waals surface area (Å²) in [6.07, 6.45) is 1.94. The topological polar surface area (TPSA) is 38.8 Å². The number of hydrogen-bond acceptors (Lipinski definition) is 4. The van der Waals surface area contributed by atoms with E-state index in [0.717, 1.165) is 58.9 Å². The van der Waals surface area contributed by atoms with E-state index < -0.39 is 0 Å². The standard InChI is InChI=1S/C15H30N4O/c1-3-18(4-2)14-5-9-17(13-14)10-6-15(20)19-11-7-16-8-12-19/h14,16H,3-13H2,1-2H3. The molecule has 0 spiro atoms. The predicted octanol–water partition coefficient (Wildman–Crippen LogP) is 0.224. The molecular formula is C15H30N4O. The Labute approximate surface area is 123 Å². The summed E-state index contributed by atoms with van der Waals surface area (Å²) in [5, 5.41) is 3.29. The van der Waals surface area contributed by atoms with Gasteiger partial charge >= 0.3 is 0 Å². The molecule has 0 radical (unpaired) electrons. The molecule has 0 aliphatic carbocycles. The highest BCUT2D eigenvalue weighted by Crippen LogP contribution is 2.15. The van der Waals surface area contributed by atoms with Crippen LogP contribution >= 0.6 is 0 Å². The van der Waals surface area contributed by atoms with Crippen molar-refractivity contribution in [3.05, 3.63) is 0 Å². The van der Waals surface area contributed by atoms with E-state index in [-0.39, 0.29) is 0 Å². The number of nitrogens with zero attached hydrogens (tertiary/aromatic N) is 3. The van der Waals surface area contributed by atoms with Crippen molar-refractivity contribution in [2.75, 3.05) is 58.9 Å². The van der Waals surface area contributed by atoms with Crippen LogP contribution in [0.5, 0.6) is 0 Å². The van der Waals surface area contributed by atoms with Crippen molar-refractivity contribution in [3.8, 4) is 0 Å². The molecule has 5 heteroatoms. The van der Waals surface area contributed by atoms with Crippen LogP contribution in [0, 0.1) is 0 Å². The Morgan fingerprint density at radius 3 is 2.55 bits per heavy atom. The molecule has 0 saturated carbocycles. The third-order valence-corrected chi connectivity index (χ3v) is 4.69. The maximum atomic E-state index is 12.1. The van der Waals surface area contributed by atoms with Gasteiger partial charge < -0.3 is 15.1 Å². The maximum Gasteiger partial charge on any atom is 0.223 e. The minimum Gasteiger partial charge on any atom is -0.340 e. The molecular weight excluding hydrogens is 252 g/mol. The highest BCUT2D eigenvalue weighted by molar-refractivity contribution is 5.76. The fourth-order valence-corrected chi connectivity index (χ4v) is 3.38. The van der Waals surface area contributed by atoms with E-state index in [2.05, 4.69) is 29.0 Å². The zero-order chi connectivity index (χ0) is 14.4. The molecule has 0 aromatic carbocycles. The molecule has 1 unspecified atom stereocenters. The Morgan fingerprint density at radius 1 is 1.20 bits per heavy atom. The van der Waals surface area contributed by atoms with Crippen molar-refractivity contribution in [1.82, 2.24) is 20.0 Å². The van der Waals surface area contributed by atoms with Crippen molar-refractivity contribution in [2.24, 2.45) is 0 Å². The summed E-state index contributed by atoms with van der Waals surface area (Å²) in [7, 11) is 0. The SMILES string of the molecule is CCN(CC)C1CCN(CCC(=O)N2CCNCC2)C1. The number of carbonyl (C=O) groups is 1. The summed E-state index contributed by atoms with van der Waals surface area (Å²) in [5.74, 6) is 0.331. The van der Waals surface area contributed by atoms with Crippen LogP contribution in [0.25, 0.3) is 0 Å². The van der Waals surface area contributed by atoms with Crippen LogP contribution in [0.3, 0.4) is 0 Å². The molecule has 0 aromatic heterocycles. The van der Waals surface area contributed by atoms with Gasteiger partial charge in [0.15, 0.2) is 0 Å². The molecule has 1 atom stereocenters. The van der Waals surface area contributed by atoms with Gasteiger partial charge in [-0.05, 0) is 26.1 Å². The maximum absolute atomic E-state index is 12.1. The Kier molecular flexibility index (Phi) is 6.26. The summed E-state index contributed by atoms with van der Waals surface area (Å²) in [5.41, 5.74) is 0. The van der Waals surface area contributed by atoms with Crippen LogP contribution in [0.2, 0.25) is 0 Å². The minimum absolute atomic E-state index is 0.331. The van der Waals surface area contributed by atoms with Gasteiger partial charge in [0.25, 0.3) is 0 Å². The summed E-state index contributed by atoms with van der Waals surface area (Å²) < 4.78 is 0. The molecule has 2 saturated heterocycles. The molecule has 20 heavy (non-hydrogen) atoms. The summed E-state index contributed by atoms with van der Waals surface area (Å²) in [6.45, 7) is 13.6. The second-order valence-corrected chi connectivity index (χ2v) is 5.85. The van der Waals surface area contributed by atoms with Gasteiger partial charge in [0, 0.05) is 51.7 Å². The number of likely N-dealkylation sites (N-methyl/N-ethyl adjacent to an activating group) is 1. The van der Waals surface area contributed by atoms with Gasteiger partial charge in [-0.1, -0.05) is 13.8 Å². The first kappa shape index (κ1) is 15.7. The Bertz CT molecular complexity index is 300. The van der Waals surface area contributed by atoms with E-state index in [1.165, 1.54) is 6.42 Å². The van der Waals surface area contributed by atoms with E-state index in [4.69, 9.17) is 0 Å². The van der Waals surface area contributed by atoms with E-state index in [0.29, 0.717) is 18.4 Å². The van der Waals surface area contributed by atoms with E-state index in [1.807, 2.05) is 4.90 Å². The van der Waals surface area contributed by atoms with Crippen molar-refractivity contribution in [3.63, 3.8) is 0 Å². The molecule has 0 aromatic rings. The van der Waals surface area contributed by atoms with Crippen LogP contribution in [-0.4, -0.2) is 85.6 Å². The third kappa shape index (κ3) is 4.17. The largest absolute Gasteiger partial charge is 0.340 e. The number of likely N-dealkylation sites (tertiary alicyclic amines) is 1. The Balaban J connectivity index is 1.68. The smallest absolute Gasteiger partial charge is 0.223 e. The van der Waals surface area contributed by atoms with Gasteiger partial charge in [-0.2, -0.15) is 0 Å². The molecule has 0 bridgehead atoms. The average molecular weight is 282 g/mol. The van der Waals surface area contributed by atoms with Crippen LogP contribution in [0.15, 0.2) is 0 Å². The van der Waals surface area contributed by atoms with Gasteiger partial charge in [0.05, 0.1) is 0 Å². The molecule has 2 rings (SSSR count). The zero-order valence-electron chi connectivity index (χ0n) is 13.1. The van der Waals surface area contributed by atoms with Gasteiger partial charge in [0.2, 0.25) is 5.91 Å². The first-order valence-corrected chi connectivity index (χ1v) is 8.19. The lowest BCUT2D eigenvalue weighted by atomic mass is 10.2. The van der Waals surface area contributed by atoms with Gasteiger partial charge in [0.1, 0.15) is 0 Å².